The highest BCUT2D eigenvalue weighted by atomic mass is 32.2. The van der Waals surface area contributed by atoms with Crippen LogP contribution in [-0.4, -0.2) is 54.4 Å². The van der Waals surface area contributed by atoms with Crippen molar-refractivity contribution in [3.8, 4) is 0 Å². The summed E-state index contributed by atoms with van der Waals surface area (Å²) in [6.07, 6.45) is 3.43. The first-order valence-electron chi connectivity index (χ1n) is 8.06. The molecule has 0 unspecified atom stereocenters. The Balaban J connectivity index is 1.54. The maximum Gasteiger partial charge on any atom is 0.216 e. The summed E-state index contributed by atoms with van der Waals surface area (Å²) in [5.41, 5.74) is 0.542. The van der Waals surface area contributed by atoms with Gasteiger partial charge >= 0.3 is 0 Å². The van der Waals surface area contributed by atoms with Crippen molar-refractivity contribution in [2.24, 2.45) is 0 Å². The number of rotatable bonds is 5. The monoisotopic (exact) mass is 340 g/mol. The lowest BCUT2D eigenvalue weighted by Gasteiger charge is -2.52. The maximum absolute atomic E-state index is 12.2. The summed E-state index contributed by atoms with van der Waals surface area (Å²) in [5, 5.41) is -0.389. The highest BCUT2D eigenvalue weighted by Gasteiger charge is 2.52. The minimum absolute atomic E-state index is 0.0923. The standard InChI is InChI=1S/C16H24N2O4S/c1-13(2)23(19,20)18-11-16(12-18)9-15(6-8-22-16)21-10-14-5-3-4-7-17-14/h3-5,7,13,15H,6,8-12H2,1-2H3/t15-/m0/s1. The fraction of sp³-hybridized carbons (Fsp3) is 0.688. The zero-order valence-electron chi connectivity index (χ0n) is 13.6. The molecular formula is C16H24N2O4S. The number of hydrogen-bond acceptors (Lipinski definition) is 5. The van der Waals surface area contributed by atoms with Crippen LogP contribution in [0.3, 0.4) is 0 Å². The van der Waals surface area contributed by atoms with Crippen LogP contribution in [0.25, 0.3) is 0 Å². The van der Waals surface area contributed by atoms with E-state index in [0.29, 0.717) is 26.3 Å². The first-order chi connectivity index (χ1) is 10.9. The molecule has 2 fully saturated rings. The molecule has 1 aromatic rings. The number of ether oxygens (including phenoxy) is 2. The second-order valence-electron chi connectivity index (χ2n) is 6.64. The fourth-order valence-electron chi connectivity index (χ4n) is 3.11. The van der Waals surface area contributed by atoms with E-state index in [2.05, 4.69) is 4.98 Å². The smallest absolute Gasteiger partial charge is 0.216 e. The van der Waals surface area contributed by atoms with E-state index in [0.717, 1.165) is 18.5 Å². The minimum Gasteiger partial charge on any atom is -0.372 e. The molecule has 7 heteroatoms. The molecule has 1 atom stereocenters. The third kappa shape index (κ3) is 3.57. The lowest BCUT2D eigenvalue weighted by atomic mass is 9.86. The quantitative estimate of drug-likeness (QED) is 0.814. The molecule has 0 radical (unpaired) electrons. The third-order valence-electron chi connectivity index (χ3n) is 4.53. The Morgan fingerprint density at radius 1 is 1.43 bits per heavy atom. The average Bonchev–Trinajstić information content (AvgIpc) is 2.51. The largest absolute Gasteiger partial charge is 0.372 e. The number of sulfonamides is 1. The number of hydrogen-bond donors (Lipinski definition) is 0. The molecule has 2 aliphatic rings. The van der Waals surface area contributed by atoms with Crippen LogP contribution in [0, 0.1) is 0 Å². The van der Waals surface area contributed by atoms with E-state index in [4.69, 9.17) is 9.47 Å². The van der Waals surface area contributed by atoms with E-state index in [1.54, 1.807) is 20.0 Å². The Morgan fingerprint density at radius 3 is 2.87 bits per heavy atom. The molecule has 2 aliphatic heterocycles. The normalized spacial score (nSPS) is 24.7. The molecule has 0 aromatic carbocycles. The van der Waals surface area contributed by atoms with Crippen LogP contribution in [0.4, 0.5) is 0 Å². The van der Waals surface area contributed by atoms with Crippen LogP contribution < -0.4 is 0 Å². The van der Waals surface area contributed by atoms with Crippen molar-refractivity contribution in [1.29, 1.82) is 0 Å². The predicted octanol–water partition coefficient (Wildman–Crippen LogP) is 1.57. The highest BCUT2D eigenvalue weighted by molar-refractivity contribution is 7.89. The average molecular weight is 340 g/mol. The zero-order chi connectivity index (χ0) is 16.5. The molecular weight excluding hydrogens is 316 g/mol. The van der Waals surface area contributed by atoms with Crippen LogP contribution >= 0.6 is 0 Å². The summed E-state index contributed by atoms with van der Waals surface area (Å²) in [4.78, 5) is 4.25. The van der Waals surface area contributed by atoms with Gasteiger partial charge in [-0.3, -0.25) is 4.98 Å². The number of aromatic nitrogens is 1. The third-order valence-corrected chi connectivity index (χ3v) is 6.69. The Hall–Kier alpha value is -1.02. The maximum atomic E-state index is 12.2. The Morgan fingerprint density at radius 2 is 2.22 bits per heavy atom. The molecule has 1 spiro atoms. The van der Waals surface area contributed by atoms with E-state index in [-0.39, 0.29) is 17.0 Å². The zero-order valence-corrected chi connectivity index (χ0v) is 14.5. The molecule has 6 nitrogen and oxygen atoms in total. The van der Waals surface area contributed by atoms with Crippen molar-refractivity contribution in [3.63, 3.8) is 0 Å². The summed E-state index contributed by atoms with van der Waals surface area (Å²) in [5.74, 6) is 0. The van der Waals surface area contributed by atoms with Crippen molar-refractivity contribution in [3.05, 3.63) is 30.1 Å². The van der Waals surface area contributed by atoms with E-state index in [1.807, 2.05) is 18.2 Å². The fourth-order valence-corrected chi connectivity index (χ4v) is 4.53. The van der Waals surface area contributed by atoms with Crippen LogP contribution in [0.1, 0.15) is 32.4 Å². The first kappa shape index (κ1) is 16.8. The van der Waals surface area contributed by atoms with E-state index >= 15 is 0 Å². The van der Waals surface area contributed by atoms with Crippen molar-refractivity contribution >= 4 is 10.0 Å². The molecule has 0 aliphatic carbocycles. The van der Waals surface area contributed by atoms with Gasteiger partial charge in [-0.2, -0.15) is 4.31 Å². The van der Waals surface area contributed by atoms with Crippen LogP contribution in [0.2, 0.25) is 0 Å². The van der Waals surface area contributed by atoms with Crippen molar-refractivity contribution in [2.45, 2.75) is 50.3 Å². The van der Waals surface area contributed by atoms with Gasteiger partial charge in [-0.1, -0.05) is 6.07 Å². The molecule has 3 heterocycles. The number of pyridine rings is 1. The molecule has 0 saturated carbocycles. The van der Waals surface area contributed by atoms with Gasteiger partial charge in [0.25, 0.3) is 0 Å². The lowest BCUT2D eigenvalue weighted by molar-refractivity contribution is -0.180. The molecule has 23 heavy (non-hydrogen) atoms. The molecule has 0 N–H and O–H groups in total. The summed E-state index contributed by atoms with van der Waals surface area (Å²) in [6.45, 7) is 5.40. The van der Waals surface area contributed by atoms with E-state index in [9.17, 15) is 8.42 Å². The first-order valence-corrected chi connectivity index (χ1v) is 9.56. The lowest BCUT2D eigenvalue weighted by Crippen LogP contribution is -2.67. The molecule has 2 saturated heterocycles. The Bertz CT molecular complexity index is 627. The van der Waals surface area contributed by atoms with Gasteiger partial charge < -0.3 is 9.47 Å². The van der Waals surface area contributed by atoms with Gasteiger partial charge in [-0.25, -0.2) is 8.42 Å². The Kier molecular flexibility index (Phi) is 4.73. The molecule has 0 amide bonds. The number of nitrogens with zero attached hydrogens (tertiary/aromatic N) is 2. The topological polar surface area (TPSA) is 68.7 Å². The van der Waals surface area contributed by atoms with E-state index < -0.39 is 10.0 Å². The van der Waals surface area contributed by atoms with Gasteiger partial charge in [0.15, 0.2) is 0 Å². The predicted molar refractivity (Wildman–Crippen MR) is 86.4 cm³/mol. The summed E-state index contributed by atoms with van der Waals surface area (Å²) in [6, 6.07) is 5.76. The second-order valence-corrected chi connectivity index (χ2v) is 9.13. The minimum atomic E-state index is -3.19. The summed E-state index contributed by atoms with van der Waals surface area (Å²) >= 11 is 0. The van der Waals surface area contributed by atoms with Crippen molar-refractivity contribution < 1.29 is 17.9 Å². The molecule has 3 rings (SSSR count). The van der Waals surface area contributed by atoms with Crippen molar-refractivity contribution in [2.75, 3.05) is 19.7 Å². The van der Waals surface area contributed by atoms with Crippen LogP contribution in [0.15, 0.2) is 24.4 Å². The molecule has 0 bridgehead atoms. The van der Waals surface area contributed by atoms with Gasteiger partial charge in [0.1, 0.15) is 0 Å². The van der Waals surface area contributed by atoms with Crippen LogP contribution in [0.5, 0.6) is 0 Å². The van der Waals surface area contributed by atoms with Gasteiger partial charge in [0.05, 0.1) is 29.3 Å². The van der Waals surface area contributed by atoms with Crippen molar-refractivity contribution in [1.82, 2.24) is 9.29 Å². The molecule has 128 valence electrons. The van der Waals surface area contributed by atoms with Gasteiger partial charge in [0, 0.05) is 32.3 Å². The Labute approximate surface area is 137 Å². The second kappa shape index (κ2) is 6.47. The summed E-state index contributed by atoms with van der Waals surface area (Å²) < 4.78 is 37.7. The van der Waals surface area contributed by atoms with Crippen LogP contribution in [-0.2, 0) is 26.1 Å². The highest BCUT2D eigenvalue weighted by Crippen LogP contribution is 2.37. The van der Waals surface area contributed by atoms with E-state index in [1.165, 1.54) is 4.31 Å². The van der Waals surface area contributed by atoms with Gasteiger partial charge in [-0.15, -0.1) is 0 Å². The van der Waals surface area contributed by atoms with Gasteiger partial charge in [-0.05, 0) is 32.4 Å². The molecule has 1 aromatic heterocycles. The van der Waals surface area contributed by atoms with Gasteiger partial charge in [0.2, 0.25) is 10.0 Å². The summed E-state index contributed by atoms with van der Waals surface area (Å²) in [7, 11) is -3.19. The SMILES string of the molecule is CC(C)S(=O)(=O)N1CC2(C[C@@H](OCc3ccccn3)CCO2)C1.